The summed E-state index contributed by atoms with van der Waals surface area (Å²) >= 11 is 0. The van der Waals surface area contributed by atoms with Crippen molar-refractivity contribution in [3.8, 4) is 0 Å². The first kappa shape index (κ1) is 26.0. The van der Waals surface area contributed by atoms with Crippen LogP contribution >= 0.6 is 24.0 Å². The summed E-state index contributed by atoms with van der Waals surface area (Å²) in [5.74, 6) is 0.713. The molecule has 0 spiro atoms. The fourth-order valence-corrected chi connectivity index (χ4v) is 3.04. The summed E-state index contributed by atoms with van der Waals surface area (Å²) in [4.78, 5) is 30.5. The summed E-state index contributed by atoms with van der Waals surface area (Å²) in [7, 11) is 1.62. The van der Waals surface area contributed by atoms with Crippen molar-refractivity contribution in [2.24, 2.45) is 4.99 Å². The van der Waals surface area contributed by atoms with Crippen LogP contribution in [0, 0.1) is 0 Å². The van der Waals surface area contributed by atoms with Crippen molar-refractivity contribution in [1.82, 2.24) is 20.9 Å². The third-order valence-corrected chi connectivity index (χ3v) is 4.40. The molecule has 8 nitrogen and oxygen atoms in total. The number of carbonyl (C=O) groups is 2. The molecule has 1 fully saturated rings. The zero-order valence-corrected chi connectivity index (χ0v) is 20.8. The fourth-order valence-electron chi connectivity index (χ4n) is 3.04. The van der Waals surface area contributed by atoms with Gasteiger partial charge in [-0.05, 0) is 51.8 Å². The normalized spacial score (nSPS) is 16.5. The summed E-state index contributed by atoms with van der Waals surface area (Å²) in [6, 6.07) is 7.45. The largest absolute Gasteiger partial charge is 0.444 e. The van der Waals surface area contributed by atoms with Crippen molar-refractivity contribution in [2.45, 2.75) is 52.3 Å². The van der Waals surface area contributed by atoms with Crippen LogP contribution in [0.4, 0.5) is 4.79 Å². The first-order chi connectivity index (χ1) is 13.7. The van der Waals surface area contributed by atoms with E-state index in [1.807, 2.05) is 39.8 Å². The summed E-state index contributed by atoms with van der Waals surface area (Å²) in [5.41, 5.74) is 1.14. The molecule has 1 aromatic rings. The molecule has 9 heteroatoms. The van der Waals surface area contributed by atoms with E-state index in [0.717, 1.165) is 31.0 Å². The summed E-state index contributed by atoms with van der Waals surface area (Å²) in [6.45, 7) is 10.3. The predicted octanol–water partition coefficient (Wildman–Crippen LogP) is 2.73. The highest BCUT2D eigenvalue weighted by molar-refractivity contribution is 14.0. The minimum atomic E-state index is -0.508. The van der Waals surface area contributed by atoms with Crippen LogP contribution in [0.3, 0.4) is 0 Å². The number of halogens is 1. The van der Waals surface area contributed by atoms with Gasteiger partial charge in [-0.25, -0.2) is 9.79 Å². The van der Waals surface area contributed by atoms with E-state index in [2.05, 4.69) is 20.9 Å². The molecule has 1 aromatic carbocycles. The van der Waals surface area contributed by atoms with Crippen molar-refractivity contribution >= 4 is 41.9 Å². The SMILES string of the molecule is CCNC(=NCc1ccc(C(=O)NC)cc1)N1CCC(NC(=O)OC(C)(C)C)C1.I. The van der Waals surface area contributed by atoms with Gasteiger partial charge in [0.2, 0.25) is 0 Å². The molecule has 0 bridgehead atoms. The minimum absolute atomic E-state index is 0. The number of alkyl carbamates (subject to hydrolysis) is 1. The molecule has 1 saturated heterocycles. The Kier molecular flexibility index (Phi) is 10.4. The van der Waals surface area contributed by atoms with Crippen LogP contribution in [0.1, 0.15) is 50.0 Å². The molecule has 30 heavy (non-hydrogen) atoms. The molecule has 3 N–H and O–H groups in total. The molecule has 0 aliphatic carbocycles. The molecule has 1 aliphatic heterocycles. The maximum Gasteiger partial charge on any atom is 0.407 e. The lowest BCUT2D eigenvalue weighted by Gasteiger charge is -2.23. The Morgan fingerprint density at radius 2 is 1.90 bits per heavy atom. The highest BCUT2D eigenvalue weighted by Gasteiger charge is 2.27. The van der Waals surface area contributed by atoms with E-state index in [4.69, 9.17) is 9.73 Å². The zero-order chi connectivity index (χ0) is 21.4. The van der Waals surface area contributed by atoms with Crippen LogP contribution < -0.4 is 16.0 Å². The number of carbonyl (C=O) groups excluding carboxylic acids is 2. The van der Waals surface area contributed by atoms with E-state index in [1.54, 1.807) is 19.2 Å². The lowest BCUT2D eigenvalue weighted by atomic mass is 10.1. The van der Waals surface area contributed by atoms with Crippen LogP contribution in [-0.2, 0) is 11.3 Å². The number of hydrogen-bond acceptors (Lipinski definition) is 4. The van der Waals surface area contributed by atoms with E-state index in [0.29, 0.717) is 18.7 Å². The van der Waals surface area contributed by atoms with E-state index in [1.165, 1.54) is 0 Å². The van der Waals surface area contributed by atoms with Crippen LogP contribution in [0.15, 0.2) is 29.3 Å². The van der Waals surface area contributed by atoms with Gasteiger partial charge >= 0.3 is 6.09 Å². The maximum atomic E-state index is 12.0. The number of guanidine groups is 1. The second kappa shape index (κ2) is 12.0. The number of hydrogen-bond donors (Lipinski definition) is 3. The highest BCUT2D eigenvalue weighted by Crippen LogP contribution is 2.13. The van der Waals surface area contributed by atoms with Crippen molar-refractivity contribution < 1.29 is 14.3 Å². The number of aliphatic imine (C=N–C) groups is 1. The Bertz CT molecular complexity index is 731. The number of benzene rings is 1. The number of ether oxygens (including phenoxy) is 1. The van der Waals surface area contributed by atoms with Crippen LogP contribution in [0.5, 0.6) is 0 Å². The van der Waals surface area contributed by atoms with E-state index < -0.39 is 5.60 Å². The standard InChI is InChI=1S/C21H33N5O3.HI/c1-6-23-19(24-13-15-7-9-16(10-8-15)18(27)22-5)26-12-11-17(14-26)25-20(28)29-21(2,3)4;/h7-10,17H,6,11-14H2,1-5H3,(H,22,27)(H,23,24)(H,25,28);1H. The highest BCUT2D eigenvalue weighted by atomic mass is 127. The average Bonchev–Trinajstić information content (AvgIpc) is 3.11. The van der Waals surface area contributed by atoms with Crippen molar-refractivity contribution in [2.75, 3.05) is 26.7 Å². The van der Waals surface area contributed by atoms with Gasteiger partial charge in [0.1, 0.15) is 5.60 Å². The van der Waals surface area contributed by atoms with E-state index in [-0.39, 0.29) is 42.0 Å². The molecule has 1 aliphatic rings. The quantitative estimate of drug-likeness (QED) is 0.309. The Morgan fingerprint density at radius 1 is 1.23 bits per heavy atom. The Hall–Kier alpha value is -2.04. The van der Waals surface area contributed by atoms with E-state index in [9.17, 15) is 9.59 Å². The number of amides is 2. The van der Waals surface area contributed by atoms with Gasteiger partial charge in [0, 0.05) is 32.2 Å². The molecular formula is C21H34IN5O3. The molecular weight excluding hydrogens is 497 g/mol. The third-order valence-electron chi connectivity index (χ3n) is 4.40. The van der Waals surface area contributed by atoms with Crippen LogP contribution in [-0.4, -0.2) is 61.2 Å². The monoisotopic (exact) mass is 531 g/mol. The molecule has 168 valence electrons. The zero-order valence-electron chi connectivity index (χ0n) is 18.4. The molecule has 2 rings (SSSR count). The van der Waals surface area contributed by atoms with Crippen LogP contribution in [0.25, 0.3) is 0 Å². The maximum absolute atomic E-state index is 12.0. The van der Waals surface area contributed by atoms with Gasteiger partial charge < -0.3 is 25.6 Å². The molecule has 1 atom stereocenters. The molecule has 1 unspecified atom stereocenters. The molecule has 2 amide bonds. The summed E-state index contributed by atoms with van der Waals surface area (Å²) < 4.78 is 5.34. The average molecular weight is 531 g/mol. The molecule has 0 radical (unpaired) electrons. The fraction of sp³-hybridized carbons (Fsp3) is 0.571. The van der Waals surface area contributed by atoms with E-state index >= 15 is 0 Å². The number of likely N-dealkylation sites (tertiary alicyclic amines) is 1. The summed E-state index contributed by atoms with van der Waals surface area (Å²) in [5, 5.41) is 8.86. The number of nitrogens with one attached hydrogen (secondary N) is 3. The molecule has 1 heterocycles. The molecule has 0 aromatic heterocycles. The first-order valence-corrected chi connectivity index (χ1v) is 10.1. The lowest BCUT2D eigenvalue weighted by molar-refractivity contribution is 0.0507. The van der Waals surface area contributed by atoms with Gasteiger partial charge in [-0.2, -0.15) is 0 Å². The second-order valence-electron chi connectivity index (χ2n) is 8.02. The number of nitrogens with zero attached hydrogens (tertiary/aromatic N) is 2. The van der Waals surface area contributed by atoms with Gasteiger partial charge in [0.05, 0.1) is 12.6 Å². The Balaban J connectivity index is 0.00000450. The van der Waals surface area contributed by atoms with Gasteiger partial charge in [-0.3, -0.25) is 4.79 Å². The topological polar surface area (TPSA) is 95.1 Å². The van der Waals surface area contributed by atoms with Gasteiger partial charge in [0.25, 0.3) is 5.91 Å². The molecule has 0 saturated carbocycles. The van der Waals surface area contributed by atoms with Crippen molar-refractivity contribution in [3.63, 3.8) is 0 Å². The Labute approximate surface area is 196 Å². The smallest absolute Gasteiger partial charge is 0.407 e. The second-order valence-corrected chi connectivity index (χ2v) is 8.02. The third kappa shape index (κ3) is 8.37. The van der Waals surface area contributed by atoms with Crippen LogP contribution in [0.2, 0.25) is 0 Å². The lowest BCUT2D eigenvalue weighted by Crippen LogP contribution is -2.44. The Morgan fingerprint density at radius 3 is 2.47 bits per heavy atom. The first-order valence-electron chi connectivity index (χ1n) is 10.1. The van der Waals surface area contributed by atoms with Gasteiger partial charge in [-0.15, -0.1) is 24.0 Å². The van der Waals surface area contributed by atoms with Crippen molar-refractivity contribution in [3.05, 3.63) is 35.4 Å². The summed E-state index contributed by atoms with van der Waals surface area (Å²) in [6.07, 6.45) is 0.451. The minimum Gasteiger partial charge on any atom is -0.444 e. The number of rotatable bonds is 5. The van der Waals surface area contributed by atoms with Crippen molar-refractivity contribution in [1.29, 1.82) is 0 Å². The predicted molar refractivity (Wildman–Crippen MR) is 129 cm³/mol. The van der Waals surface area contributed by atoms with Gasteiger partial charge in [-0.1, -0.05) is 12.1 Å². The van der Waals surface area contributed by atoms with Gasteiger partial charge in [0.15, 0.2) is 5.96 Å².